The van der Waals surface area contributed by atoms with Crippen molar-refractivity contribution in [1.82, 2.24) is 0 Å². The van der Waals surface area contributed by atoms with Gasteiger partial charge in [0, 0.05) is 0 Å². The van der Waals surface area contributed by atoms with Gasteiger partial charge in [-0.25, -0.2) is 0 Å². The molecule has 0 aromatic heterocycles. The predicted octanol–water partition coefficient (Wildman–Crippen LogP) is 5.48. The summed E-state index contributed by atoms with van der Waals surface area (Å²) in [5.74, 6) is 0. The summed E-state index contributed by atoms with van der Waals surface area (Å²) in [6.45, 7) is 4.25. The Morgan fingerprint density at radius 3 is 1.07 bits per heavy atom. The van der Waals surface area contributed by atoms with Crippen LogP contribution in [0.25, 0.3) is 0 Å². The molecule has 0 aromatic rings. The minimum atomic E-state index is 1.25. The molecule has 0 aromatic carbocycles. The molecular formula is C14H28. The van der Waals surface area contributed by atoms with Crippen molar-refractivity contribution in [2.75, 3.05) is 0 Å². The fourth-order valence-electron chi connectivity index (χ4n) is 1.64. The van der Waals surface area contributed by atoms with Gasteiger partial charge in [0.15, 0.2) is 0 Å². The van der Waals surface area contributed by atoms with Crippen LogP contribution < -0.4 is 0 Å². The van der Waals surface area contributed by atoms with E-state index in [1.54, 1.807) is 0 Å². The van der Waals surface area contributed by atoms with Gasteiger partial charge in [-0.3, -0.25) is 0 Å². The van der Waals surface area contributed by atoms with Gasteiger partial charge in [0.25, 0.3) is 0 Å². The SMILES string of the molecule is C1=CCCCC1.C1CCCC1.CCC. The van der Waals surface area contributed by atoms with Crippen molar-refractivity contribution >= 4 is 0 Å². The number of hydrogen-bond acceptors (Lipinski definition) is 0. The monoisotopic (exact) mass is 196 g/mol. The van der Waals surface area contributed by atoms with Gasteiger partial charge in [0.2, 0.25) is 0 Å². The highest BCUT2D eigenvalue weighted by Gasteiger charge is 1.95. The zero-order valence-electron chi connectivity index (χ0n) is 10.2. The highest BCUT2D eigenvalue weighted by Crippen LogP contribution is 2.15. The summed E-state index contributed by atoms with van der Waals surface area (Å²) in [6, 6.07) is 0. The zero-order valence-corrected chi connectivity index (χ0v) is 10.2. The van der Waals surface area contributed by atoms with Crippen LogP contribution in [0.5, 0.6) is 0 Å². The Labute approximate surface area is 90.8 Å². The minimum Gasteiger partial charge on any atom is -0.0885 e. The summed E-state index contributed by atoms with van der Waals surface area (Å²) < 4.78 is 0. The largest absolute Gasteiger partial charge is 0.0885 e. The molecule has 0 saturated heterocycles. The molecule has 1 fully saturated rings. The lowest BCUT2D eigenvalue weighted by atomic mass is 10.1. The van der Waals surface area contributed by atoms with E-state index >= 15 is 0 Å². The van der Waals surface area contributed by atoms with Crippen LogP contribution >= 0.6 is 0 Å². The molecule has 14 heavy (non-hydrogen) atoms. The Balaban J connectivity index is 0.000000193. The van der Waals surface area contributed by atoms with Crippen molar-refractivity contribution in [3.63, 3.8) is 0 Å². The highest BCUT2D eigenvalue weighted by atomic mass is 14.0. The standard InChI is InChI=1S/C6H10.C5H10.C3H8/c1-2-4-6-5-3-1;1-2-4-5-3-1;1-3-2/h1-2H,3-6H2;1-5H2;3H2,1-2H3. The fraction of sp³-hybridized carbons (Fsp3) is 0.857. The maximum Gasteiger partial charge on any atom is -0.0351 e. The molecule has 0 amide bonds. The van der Waals surface area contributed by atoms with Crippen LogP contribution in [0, 0.1) is 0 Å². The first-order valence-corrected chi connectivity index (χ1v) is 6.56. The van der Waals surface area contributed by atoms with Gasteiger partial charge in [-0.15, -0.1) is 0 Å². The van der Waals surface area contributed by atoms with E-state index in [2.05, 4.69) is 26.0 Å². The van der Waals surface area contributed by atoms with Crippen molar-refractivity contribution in [2.24, 2.45) is 0 Å². The zero-order chi connectivity index (χ0) is 10.5. The van der Waals surface area contributed by atoms with E-state index < -0.39 is 0 Å². The van der Waals surface area contributed by atoms with Crippen molar-refractivity contribution in [3.05, 3.63) is 12.2 Å². The molecule has 0 aliphatic heterocycles. The van der Waals surface area contributed by atoms with Gasteiger partial charge >= 0.3 is 0 Å². The topological polar surface area (TPSA) is 0 Å². The van der Waals surface area contributed by atoms with Crippen LogP contribution in [0.3, 0.4) is 0 Å². The lowest BCUT2D eigenvalue weighted by molar-refractivity contribution is 0.730. The van der Waals surface area contributed by atoms with E-state index in [1.165, 1.54) is 64.2 Å². The molecule has 2 aliphatic rings. The summed E-state index contributed by atoms with van der Waals surface area (Å²) in [6.07, 6.45) is 18.8. The average molecular weight is 196 g/mol. The molecule has 0 spiro atoms. The van der Waals surface area contributed by atoms with E-state index in [4.69, 9.17) is 0 Å². The normalized spacial score (nSPS) is 19.0. The molecule has 84 valence electrons. The van der Waals surface area contributed by atoms with Crippen molar-refractivity contribution in [3.8, 4) is 0 Å². The Kier molecular flexibility index (Phi) is 12.5. The predicted molar refractivity (Wildman–Crippen MR) is 66.7 cm³/mol. The second-order valence-electron chi connectivity index (χ2n) is 4.23. The summed E-state index contributed by atoms with van der Waals surface area (Å²) in [4.78, 5) is 0. The van der Waals surface area contributed by atoms with Crippen LogP contribution in [-0.4, -0.2) is 0 Å². The first-order valence-electron chi connectivity index (χ1n) is 6.56. The van der Waals surface area contributed by atoms with Crippen LogP contribution in [0.4, 0.5) is 0 Å². The Bertz CT molecular complexity index is 93.6. The van der Waals surface area contributed by atoms with E-state index in [-0.39, 0.29) is 0 Å². The average Bonchev–Trinajstić information content (AvgIpc) is 2.80. The third-order valence-electron chi connectivity index (χ3n) is 2.41. The smallest absolute Gasteiger partial charge is 0.0351 e. The molecule has 0 nitrogen and oxygen atoms in total. The highest BCUT2D eigenvalue weighted by molar-refractivity contribution is 4.85. The van der Waals surface area contributed by atoms with Crippen molar-refractivity contribution < 1.29 is 0 Å². The summed E-state index contributed by atoms with van der Waals surface area (Å²) in [5, 5.41) is 0. The maximum absolute atomic E-state index is 2.27. The van der Waals surface area contributed by atoms with Crippen LogP contribution in [0.2, 0.25) is 0 Å². The molecule has 0 unspecified atom stereocenters. The lowest BCUT2D eigenvalue weighted by Gasteiger charge is -1.97. The molecule has 0 bridgehead atoms. The van der Waals surface area contributed by atoms with Gasteiger partial charge in [-0.1, -0.05) is 64.5 Å². The van der Waals surface area contributed by atoms with E-state index in [1.807, 2.05) is 0 Å². The number of rotatable bonds is 0. The number of hydrogen-bond donors (Lipinski definition) is 0. The Morgan fingerprint density at radius 2 is 0.929 bits per heavy atom. The van der Waals surface area contributed by atoms with E-state index in [9.17, 15) is 0 Å². The molecular weight excluding hydrogens is 168 g/mol. The van der Waals surface area contributed by atoms with Crippen molar-refractivity contribution in [2.45, 2.75) is 78.1 Å². The quantitative estimate of drug-likeness (QED) is 0.450. The molecule has 0 heteroatoms. The number of allylic oxidation sites excluding steroid dienone is 2. The van der Waals surface area contributed by atoms with Gasteiger partial charge in [0.1, 0.15) is 0 Å². The lowest BCUT2D eigenvalue weighted by Crippen LogP contribution is -1.77. The van der Waals surface area contributed by atoms with Gasteiger partial charge in [0.05, 0.1) is 0 Å². The van der Waals surface area contributed by atoms with Gasteiger partial charge in [-0.05, 0) is 25.7 Å². The van der Waals surface area contributed by atoms with Crippen LogP contribution in [-0.2, 0) is 0 Å². The second kappa shape index (κ2) is 12.7. The van der Waals surface area contributed by atoms with E-state index in [0.717, 1.165) is 0 Å². The van der Waals surface area contributed by atoms with E-state index in [0.29, 0.717) is 0 Å². The molecule has 0 atom stereocenters. The van der Waals surface area contributed by atoms with Gasteiger partial charge < -0.3 is 0 Å². The third kappa shape index (κ3) is 11.7. The Morgan fingerprint density at radius 1 is 0.643 bits per heavy atom. The van der Waals surface area contributed by atoms with Crippen LogP contribution in [0.1, 0.15) is 78.1 Å². The van der Waals surface area contributed by atoms with Crippen molar-refractivity contribution in [1.29, 1.82) is 0 Å². The molecule has 0 heterocycles. The molecule has 1 saturated carbocycles. The second-order valence-corrected chi connectivity index (χ2v) is 4.23. The minimum absolute atomic E-state index is 1.25. The summed E-state index contributed by atoms with van der Waals surface area (Å²) >= 11 is 0. The first-order chi connectivity index (χ1) is 6.91. The maximum atomic E-state index is 2.27. The molecule has 2 rings (SSSR count). The van der Waals surface area contributed by atoms with Gasteiger partial charge in [-0.2, -0.15) is 0 Å². The molecule has 0 radical (unpaired) electrons. The van der Waals surface area contributed by atoms with Crippen LogP contribution in [0.15, 0.2) is 12.2 Å². The first kappa shape index (κ1) is 13.7. The fourth-order valence-corrected chi connectivity index (χ4v) is 1.64. The Hall–Kier alpha value is -0.260. The third-order valence-corrected chi connectivity index (χ3v) is 2.41. The molecule has 0 N–H and O–H groups in total. The summed E-state index contributed by atoms with van der Waals surface area (Å²) in [5.41, 5.74) is 0. The molecule has 2 aliphatic carbocycles. The summed E-state index contributed by atoms with van der Waals surface area (Å²) in [7, 11) is 0.